The lowest BCUT2D eigenvalue weighted by Gasteiger charge is -2.60. The number of carbonyl (C=O) groups excluding carboxylic acids is 1. The molecule has 37 heavy (non-hydrogen) atoms. The molecule has 4 saturated heterocycles. The van der Waals surface area contributed by atoms with Gasteiger partial charge in [-0.15, -0.1) is 0 Å². The fourth-order valence-corrected chi connectivity index (χ4v) is 6.45. The maximum atomic E-state index is 12.7. The summed E-state index contributed by atoms with van der Waals surface area (Å²) in [6, 6.07) is 3.78. The van der Waals surface area contributed by atoms with Crippen LogP contribution in [0.15, 0.2) is 24.3 Å². The van der Waals surface area contributed by atoms with Crippen LogP contribution >= 0.6 is 0 Å². The number of amides is 2. The number of ether oxygens (including phenoxy) is 3. The van der Waals surface area contributed by atoms with Crippen molar-refractivity contribution in [3.63, 3.8) is 0 Å². The van der Waals surface area contributed by atoms with Crippen LogP contribution in [0.25, 0.3) is 0 Å². The predicted octanol–water partition coefficient (Wildman–Crippen LogP) is 5.44. The minimum absolute atomic E-state index is 0.0665. The topological polar surface area (TPSA) is 87.3 Å². The van der Waals surface area contributed by atoms with Crippen molar-refractivity contribution in [2.75, 3.05) is 18.5 Å². The highest BCUT2D eigenvalue weighted by Gasteiger charge is 2.69. The number of alkyl halides is 3. The molecule has 1 aliphatic carbocycles. The maximum absolute atomic E-state index is 12.7. The number of hydrogen-bond acceptors (Lipinski definition) is 6. The highest BCUT2D eigenvalue weighted by molar-refractivity contribution is 5.89. The molecule has 5 aliphatic rings. The summed E-state index contributed by atoms with van der Waals surface area (Å²) in [6.07, 6.45) is -1.12. The molecule has 1 spiro atoms. The Morgan fingerprint density at radius 3 is 2.59 bits per heavy atom. The van der Waals surface area contributed by atoms with Crippen LogP contribution in [0.4, 0.5) is 23.7 Å². The second-order valence-corrected chi connectivity index (χ2v) is 11.0. The van der Waals surface area contributed by atoms with E-state index < -0.39 is 41.7 Å². The van der Waals surface area contributed by atoms with Gasteiger partial charge < -0.3 is 24.8 Å². The lowest BCUT2D eigenvalue weighted by atomic mass is 9.58. The van der Waals surface area contributed by atoms with Crippen molar-refractivity contribution in [3.05, 3.63) is 29.8 Å². The van der Waals surface area contributed by atoms with Crippen LogP contribution in [0.3, 0.4) is 0 Å². The summed E-state index contributed by atoms with van der Waals surface area (Å²) in [5.41, 5.74) is -1.13. The molecule has 8 nitrogen and oxygen atoms in total. The maximum Gasteiger partial charge on any atom is 0.416 e. The van der Waals surface area contributed by atoms with Crippen LogP contribution in [-0.2, 0) is 30.2 Å². The average Bonchev–Trinajstić information content (AvgIpc) is 3.07. The molecule has 1 aromatic carbocycles. The Kier molecular flexibility index (Phi) is 7.21. The van der Waals surface area contributed by atoms with Gasteiger partial charge >= 0.3 is 12.2 Å². The number of nitrogens with one attached hydrogen (secondary N) is 2. The van der Waals surface area contributed by atoms with E-state index in [1.54, 1.807) is 0 Å². The Morgan fingerprint density at radius 2 is 1.86 bits per heavy atom. The largest absolute Gasteiger partial charge is 0.416 e. The number of fused-ring (bicyclic) bond motifs is 2. The van der Waals surface area contributed by atoms with Crippen LogP contribution in [0.1, 0.15) is 58.4 Å². The van der Waals surface area contributed by atoms with E-state index >= 15 is 0 Å². The molecule has 1 aromatic rings. The SMILES string of the molecule is C[C@H]1[C@@H](OCCCNC(=O)Nc2ccc(C(F)(F)F)cc2)O[C@@H]2O[C@]3(C)CC[C@H]4[C@H](C)CC[C@@H]1[C@@]24OO3. The normalized spacial score (nSPS) is 39.0. The molecule has 1 saturated carbocycles. The van der Waals surface area contributed by atoms with Gasteiger partial charge in [0.25, 0.3) is 0 Å². The third-order valence-electron chi connectivity index (χ3n) is 8.46. The first kappa shape index (κ1) is 26.7. The Morgan fingerprint density at radius 1 is 1.11 bits per heavy atom. The first-order valence-electron chi connectivity index (χ1n) is 13.1. The summed E-state index contributed by atoms with van der Waals surface area (Å²) >= 11 is 0. The molecule has 8 atom stereocenters. The van der Waals surface area contributed by atoms with Crippen molar-refractivity contribution >= 4 is 11.7 Å². The quantitative estimate of drug-likeness (QED) is 0.378. The van der Waals surface area contributed by atoms with E-state index in [9.17, 15) is 18.0 Å². The zero-order valence-electron chi connectivity index (χ0n) is 21.3. The summed E-state index contributed by atoms with van der Waals surface area (Å²) in [7, 11) is 0. The molecular formula is C26H35F3N2O6. The fraction of sp³-hybridized carbons (Fsp3) is 0.731. The van der Waals surface area contributed by atoms with E-state index in [1.807, 2.05) is 6.92 Å². The zero-order chi connectivity index (χ0) is 26.4. The Hall–Kier alpha value is -1.92. The molecule has 4 aliphatic heterocycles. The minimum atomic E-state index is -4.42. The van der Waals surface area contributed by atoms with Gasteiger partial charge in [-0.25, -0.2) is 14.6 Å². The lowest BCUT2D eigenvalue weighted by molar-refractivity contribution is -0.577. The van der Waals surface area contributed by atoms with Crippen molar-refractivity contribution in [2.45, 2.75) is 83.0 Å². The number of rotatable bonds is 6. The van der Waals surface area contributed by atoms with Gasteiger partial charge in [0.2, 0.25) is 5.79 Å². The Labute approximate surface area is 214 Å². The van der Waals surface area contributed by atoms with Crippen LogP contribution < -0.4 is 10.6 Å². The Balaban J connectivity index is 1.11. The number of hydrogen-bond donors (Lipinski definition) is 2. The van der Waals surface area contributed by atoms with Gasteiger partial charge in [0.1, 0.15) is 0 Å². The van der Waals surface area contributed by atoms with Gasteiger partial charge in [0.05, 0.1) is 12.2 Å². The average molecular weight is 529 g/mol. The summed E-state index contributed by atoms with van der Waals surface area (Å²) in [5.74, 6) is 0.174. The predicted molar refractivity (Wildman–Crippen MR) is 126 cm³/mol. The molecule has 2 N–H and O–H groups in total. The fourth-order valence-electron chi connectivity index (χ4n) is 6.45. The highest BCUT2D eigenvalue weighted by Crippen LogP contribution is 2.60. The second kappa shape index (κ2) is 10.00. The van der Waals surface area contributed by atoms with Gasteiger partial charge in [0, 0.05) is 30.5 Å². The number of halogens is 3. The molecule has 6 rings (SSSR count). The van der Waals surface area contributed by atoms with Crippen LogP contribution in [0.2, 0.25) is 0 Å². The van der Waals surface area contributed by atoms with Crippen LogP contribution in [0, 0.1) is 23.7 Å². The van der Waals surface area contributed by atoms with Crippen molar-refractivity contribution in [2.24, 2.45) is 23.7 Å². The number of carbonyl (C=O) groups is 1. The van der Waals surface area contributed by atoms with Gasteiger partial charge in [-0.1, -0.05) is 13.8 Å². The van der Waals surface area contributed by atoms with E-state index in [1.165, 1.54) is 12.1 Å². The summed E-state index contributed by atoms with van der Waals surface area (Å²) in [4.78, 5) is 24.1. The lowest BCUT2D eigenvalue weighted by Crippen LogP contribution is -2.70. The van der Waals surface area contributed by atoms with Crippen molar-refractivity contribution in [3.8, 4) is 0 Å². The highest BCUT2D eigenvalue weighted by atomic mass is 19.4. The van der Waals surface area contributed by atoms with Crippen LogP contribution in [-0.4, -0.2) is 43.2 Å². The number of urea groups is 1. The van der Waals surface area contributed by atoms with Crippen LogP contribution in [0.5, 0.6) is 0 Å². The number of anilines is 1. The first-order valence-corrected chi connectivity index (χ1v) is 13.1. The van der Waals surface area contributed by atoms with E-state index in [0.29, 0.717) is 25.5 Å². The second-order valence-electron chi connectivity index (χ2n) is 11.0. The summed E-state index contributed by atoms with van der Waals surface area (Å²) in [6.45, 7) is 6.96. The molecule has 2 bridgehead atoms. The van der Waals surface area contributed by atoms with E-state index in [4.69, 9.17) is 24.0 Å². The van der Waals surface area contributed by atoms with E-state index in [0.717, 1.165) is 37.8 Å². The third-order valence-corrected chi connectivity index (χ3v) is 8.46. The molecule has 4 heterocycles. The van der Waals surface area contributed by atoms with Crippen molar-refractivity contribution in [1.29, 1.82) is 0 Å². The molecule has 5 fully saturated rings. The van der Waals surface area contributed by atoms with Gasteiger partial charge in [-0.2, -0.15) is 13.2 Å². The molecule has 11 heteroatoms. The smallest absolute Gasteiger partial charge is 0.352 e. The first-order chi connectivity index (χ1) is 17.5. The van der Waals surface area contributed by atoms with Gasteiger partial charge in [0.15, 0.2) is 18.2 Å². The summed E-state index contributed by atoms with van der Waals surface area (Å²) in [5, 5.41) is 5.22. The summed E-state index contributed by atoms with van der Waals surface area (Å²) < 4.78 is 56.8. The zero-order valence-corrected chi connectivity index (χ0v) is 21.3. The molecule has 206 valence electrons. The van der Waals surface area contributed by atoms with Gasteiger partial charge in [-0.3, -0.25) is 0 Å². The van der Waals surface area contributed by atoms with Gasteiger partial charge in [-0.05, 0) is 68.7 Å². The Bertz CT molecular complexity index is 978. The molecule has 2 amide bonds. The van der Waals surface area contributed by atoms with Crippen molar-refractivity contribution in [1.82, 2.24) is 5.32 Å². The molecular weight excluding hydrogens is 493 g/mol. The minimum Gasteiger partial charge on any atom is -0.352 e. The number of benzene rings is 1. The molecule has 0 radical (unpaired) electrons. The monoisotopic (exact) mass is 528 g/mol. The molecule has 0 aromatic heterocycles. The molecule has 0 unspecified atom stereocenters. The third kappa shape index (κ3) is 5.08. The van der Waals surface area contributed by atoms with Crippen molar-refractivity contribution < 1.29 is 42.0 Å². The van der Waals surface area contributed by atoms with E-state index in [-0.39, 0.29) is 23.4 Å². The standard InChI is InChI=1S/C26H35F3N2O6/c1-15-5-10-20-16(2)21(34-22-25(20)19(15)11-12-24(3,35-22)36-37-25)33-14-4-13-30-23(32)31-18-8-6-17(7-9-18)26(27,28)29/h6-9,15-16,19-22H,4-5,10-14H2,1-3H3,(H2,30,31,32)/t15-,16-,19+,20+,21+,22-,24+,25-/m1/s1. The van der Waals surface area contributed by atoms with E-state index in [2.05, 4.69) is 24.5 Å².